The van der Waals surface area contributed by atoms with Gasteiger partial charge in [-0.15, -0.1) is 0 Å². The number of hydrogen-bond donors (Lipinski definition) is 4. The second-order valence-corrected chi connectivity index (χ2v) is 9.30. The molecule has 0 atom stereocenters. The van der Waals surface area contributed by atoms with Crippen molar-refractivity contribution in [3.05, 3.63) is 71.1 Å². The molecule has 0 spiro atoms. The normalized spacial score (nSPS) is 10.2. The molecule has 2 aromatic heterocycles. The third-order valence-electron chi connectivity index (χ3n) is 6.19. The van der Waals surface area contributed by atoms with Crippen molar-refractivity contribution in [1.29, 1.82) is 0 Å². The summed E-state index contributed by atoms with van der Waals surface area (Å²) in [5, 5.41) is 21.0. The van der Waals surface area contributed by atoms with Crippen LogP contribution in [0.4, 0.5) is 11.4 Å². The van der Waals surface area contributed by atoms with Gasteiger partial charge in [-0.2, -0.15) is 4.98 Å². The van der Waals surface area contributed by atoms with Crippen molar-refractivity contribution in [3.8, 4) is 23.0 Å². The van der Waals surface area contributed by atoms with Gasteiger partial charge in [0.15, 0.2) is 0 Å². The molecule has 5 N–H and O–H groups in total. The Labute approximate surface area is 241 Å². The number of ether oxygens (including phenoxy) is 2. The second-order valence-electron chi connectivity index (χ2n) is 9.30. The lowest BCUT2D eigenvalue weighted by molar-refractivity contribution is -0.134. The van der Waals surface area contributed by atoms with Gasteiger partial charge < -0.3 is 30.7 Å². The number of aromatic nitrogens is 3. The monoisotopic (exact) mass is 573 g/mol. The molecule has 12 nitrogen and oxygen atoms in total. The van der Waals surface area contributed by atoms with Crippen molar-refractivity contribution in [2.45, 2.75) is 27.7 Å². The Morgan fingerprint density at radius 3 is 2.12 bits per heavy atom. The molecule has 42 heavy (non-hydrogen) atoms. The summed E-state index contributed by atoms with van der Waals surface area (Å²) in [7, 11) is 2.97. The van der Waals surface area contributed by atoms with Crippen molar-refractivity contribution in [3.63, 3.8) is 0 Å². The van der Waals surface area contributed by atoms with Crippen molar-refractivity contribution < 1.29 is 34.1 Å². The van der Waals surface area contributed by atoms with E-state index in [0.717, 1.165) is 29.2 Å². The Balaban J connectivity index is 0.00000114. The summed E-state index contributed by atoms with van der Waals surface area (Å²) < 4.78 is 10.5. The lowest BCUT2D eigenvalue weighted by Crippen LogP contribution is -2.14. The average molecular weight is 574 g/mol. The van der Waals surface area contributed by atoms with E-state index in [0.29, 0.717) is 33.7 Å². The minimum atomic E-state index is -1.06. The molecule has 0 aliphatic carbocycles. The molecule has 2 heterocycles. The van der Waals surface area contributed by atoms with Gasteiger partial charge in [-0.25, -0.2) is 9.78 Å². The maximum atomic E-state index is 12.3. The maximum Gasteiger partial charge on any atom is 0.335 e. The van der Waals surface area contributed by atoms with E-state index in [1.54, 1.807) is 18.3 Å². The Morgan fingerprint density at radius 2 is 1.55 bits per heavy atom. The highest BCUT2D eigenvalue weighted by Crippen LogP contribution is 2.35. The number of carbonyl (C=O) groups excluding carboxylic acids is 1. The summed E-state index contributed by atoms with van der Waals surface area (Å²) in [4.78, 5) is 46.0. The van der Waals surface area contributed by atoms with Crippen molar-refractivity contribution in [1.82, 2.24) is 15.0 Å². The molecule has 0 bridgehead atoms. The number of nitrogens with two attached hydrogens (primary N) is 1. The molecule has 0 aliphatic heterocycles. The van der Waals surface area contributed by atoms with E-state index < -0.39 is 17.8 Å². The van der Waals surface area contributed by atoms with Crippen LogP contribution in [-0.4, -0.2) is 57.2 Å². The number of rotatable bonds is 8. The third-order valence-corrected chi connectivity index (χ3v) is 6.19. The summed E-state index contributed by atoms with van der Waals surface area (Å²) in [6.45, 7) is 6.92. The van der Waals surface area contributed by atoms with Gasteiger partial charge in [0.25, 0.3) is 11.9 Å². The molecular weight excluding hydrogens is 542 g/mol. The summed E-state index contributed by atoms with van der Waals surface area (Å²) in [5.74, 6) is -2.24. The first kappa shape index (κ1) is 31.0. The SMILES string of the molecule is CC(=O)O.COc1ncc(-c2ccc3c(Nc4cc(C(=O)O)cc(C(C)=C(C)C)c4)c(C(N)=O)cnc3c2)c(OC)n1. The molecule has 4 rings (SSSR count). The molecular formula is C30H31N5O7. The molecule has 0 saturated carbocycles. The van der Waals surface area contributed by atoms with Gasteiger partial charge in [0.05, 0.1) is 42.1 Å². The van der Waals surface area contributed by atoms with E-state index >= 15 is 0 Å². The zero-order chi connectivity index (χ0) is 31.1. The largest absolute Gasteiger partial charge is 0.481 e. The van der Waals surface area contributed by atoms with Crippen LogP contribution >= 0.6 is 0 Å². The molecule has 0 fully saturated rings. The van der Waals surface area contributed by atoms with Crippen LogP contribution < -0.4 is 20.5 Å². The molecule has 0 aliphatic rings. The molecule has 2 aromatic carbocycles. The number of aromatic carboxylic acids is 1. The number of hydrogen-bond acceptors (Lipinski definition) is 9. The van der Waals surface area contributed by atoms with Crippen LogP contribution in [0.25, 0.3) is 27.6 Å². The lowest BCUT2D eigenvalue weighted by atomic mass is 9.99. The Hall–Kier alpha value is -5.52. The van der Waals surface area contributed by atoms with E-state index in [4.69, 9.17) is 25.1 Å². The molecule has 0 unspecified atom stereocenters. The summed E-state index contributed by atoms with van der Waals surface area (Å²) in [5.41, 5.74) is 11.5. The number of nitrogens with zero attached hydrogens (tertiary/aromatic N) is 3. The number of allylic oxidation sites excluding steroid dienone is 2. The smallest absolute Gasteiger partial charge is 0.335 e. The molecule has 218 valence electrons. The average Bonchev–Trinajstić information content (AvgIpc) is 2.95. The number of aliphatic carboxylic acids is 1. The number of amides is 1. The van der Waals surface area contributed by atoms with E-state index in [9.17, 15) is 14.7 Å². The minimum absolute atomic E-state index is 0.110. The molecule has 0 saturated heterocycles. The number of carboxylic acid groups (broad SMARTS) is 2. The molecule has 12 heteroatoms. The highest BCUT2D eigenvalue weighted by molar-refractivity contribution is 6.08. The van der Waals surface area contributed by atoms with Crippen LogP contribution in [0.15, 0.2) is 54.4 Å². The first-order valence-corrected chi connectivity index (χ1v) is 12.5. The van der Waals surface area contributed by atoms with E-state index in [2.05, 4.69) is 20.3 Å². The first-order chi connectivity index (χ1) is 19.9. The van der Waals surface area contributed by atoms with Gasteiger partial charge in [0.2, 0.25) is 5.88 Å². The molecule has 1 amide bonds. The number of pyridine rings is 1. The predicted octanol–water partition coefficient (Wildman–Crippen LogP) is 5.15. The first-order valence-electron chi connectivity index (χ1n) is 12.5. The van der Waals surface area contributed by atoms with E-state index in [1.807, 2.05) is 39.0 Å². The fraction of sp³-hybridized carbons (Fsp3) is 0.200. The quantitative estimate of drug-likeness (QED) is 0.218. The van der Waals surface area contributed by atoms with Crippen LogP contribution in [-0.2, 0) is 4.79 Å². The van der Waals surface area contributed by atoms with Crippen LogP contribution in [0, 0.1) is 0 Å². The third kappa shape index (κ3) is 7.16. The fourth-order valence-electron chi connectivity index (χ4n) is 3.96. The summed E-state index contributed by atoms with van der Waals surface area (Å²) >= 11 is 0. The second kappa shape index (κ2) is 13.2. The zero-order valence-electron chi connectivity index (χ0n) is 24.0. The molecule has 0 radical (unpaired) electrons. The van der Waals surface area contributed by atoms with Gasteiger partial charge in [-0.05, 0) is 61.7 Å². The van der Waals surface area contributed by atoms with Gasteiger partial charge in [0, 0.05) is 30.4 Å². The predicted molar refractivity (Wildman–Crippen MR) is 158 cm³/mol. The Bertz CT molecular complexity index is 1710. The number of carboxylic acids is 2. The van der Waals surface area contributed by atoms with Crippen LogP contribution in [0.5, 0.6) is 11.9 Å². The van der Waals surface area contributed by atoms with Crippen LogP contribution in [0.1, 0.15) is 54.0 Å². The minimum Gasteiger partial charge on any atom is -0.481 e. The lowest BCUT2D eigenvalue weighted by Gasteiger charge is -2.16. The van der Waals surface area contributed by atoms with E-state index in [-0.39, 0.29) is 17.1 Å². The van der Waals surface area contributed by atoms with Gasteiger partial charge in [0.1, 0.15) is 0 Å². The highest BCUT2D eigenvalue weighted by atomic mass is 16.5. The number of anilines is 2. The maximum absolute atomic E-state index is 12.3. The number of nitrogens with one attached hydrogen (secondary N) is 1. The summed E-state index contributed by atoms with van der Waals surface area (Å²) in [6, 6.07) is 10.6. The number of fused-ring (bicyclic) bond motifs is 1. The summed E-state index contributed by atoms with van der Waals surface area (Å²) in [6.07, 6.45) is 2.98. The van der Waals surface area contributed by atoms with Gasteiger partial charge >= 0.3 is 12.0 Å². The van der Waals surface area contributed by atoms with Gasteiger partial charge in [-0.3, -0.25) is 14.6 Å². The molecule has 4 aromatic rings. The van der Waals surface area contributed by atoms with Crippen molar-refractivity contribution in [2.24, 2.45) is 5.73 Å². The van der Waals surface area contributed by atoms with Crippen LogP contribution in [0.2, 0.25) is 0 Å². The topological polar surface area (TPSA) is 187 Å². The fourth-order valence-corrected chi connectivity index (χ4v) is 3.96. The van der Waals surface area contributed by atoms with Crippen LogP contribution in [0.3, 0.4) is 0 Å². The number of benzene rings is 2. The highest BCUT2D eigenvalue weighted by Gasteiger charge is 2.18. The van der Waals surface area contributed by atoms with Crippen molar-refractivity contribution in [2.75, 3.05) is 19.5 Å². The number of methoxy groups -OCH3 is 2. The standard InChI is InChI=1S/C28H27N5O5.C2H4O2/c1-14(2)15(3)17-8-18(27(35)36)10-19(9-17)32-24-20-7-6-16(11-23(20)30-13-22(24)25(29)34)21-12-31-28(38-5)33-26(21)37-4;1-2(3)4/h6-13H,1-5H3,(H2,29,34)(H,30,32)(H,35,36);1H3,(H,3,4). The Kier molecular flexibility index (Phi) is 9.76. The van der Waals surface area contributed by atoms with Gasteiger partial charge in [-0.1, -0.05) is 17.7 Å². The van der Waals surface area contributed by atoms with Crippen molar-refractivity contribution >= 4 is 45.7 Å². The Morgan fingerprint density at radius 1 is 0.881 bits per heavy atom. The van der Waals surface area contributed by atoms with E-state index in [1.165, 1.54) is 26.5 Å². The number of primary amides is 1. The number of carbonyl (C=O) groups is 3. The zero-order valence-corrected chi connectivity index (χ0v) is 24.0.